The van der Waals surface area contributed by atoms with Gasteiger partial charge >= 0.3 is 0 Å². The van der Waals surface area contributed by atoms with Crippen LogP contribution < -0.4 is 10.6 Å². The molecule has 0 aromatic heterocycles. The van der Waals surface area contributed by atoms with E-state index in [1.807, 2.05) is 0 Å². The lowest BCUT2D eigenvalue weighted by Crippen LogP contribution is -2.42. The van der Waals surface area contributed by atoms with E-state index in [0.717, 1.165) is 0 Å². The number of rotatable bonds is 7. The molecule has 0 saturated carbocycles. The second kappa shape index (κ2) is 7.73. The fourth-order valence-corrected chi connectivity index (χ4v) is 1.94. The molecule has 0 radical (unpaired) electrons. The highest BCUT2D eigenvalue weighted by atomic mass is 32.2. The third-order valence-electron chi connectivity index (χ3n) is 2.60. The summed E-state index contributed by atoms with van der Waals surface area (Å²) < 4.78 is 29.8. The van der Waals surface area contributed by atoms with Crippen LogP contribution in [0, 0.1) is 0 Å². The van der Waals surface area contributed by atoms with Gasteiger partial charge in [0, 0.05) is 6.54 Å². The lowest BCUT2D eigenvalue weighted by Gasteiger charge is -2.18. The number of aliphatic hydroxyl groups is 1. The number of phenols is 1. The van der Waals surface area contributed by atoms with Crippen LogP contribution in [0.3, 0.4) is 0 Å². The predicted molar refractivity (Wildman–Crippen MR) is 75.5 cm³/mol. The Balaban J connectivity index is 2.83. The predicted octanol–water partition coefficient (Wildman–Crippen LogP) is -1.45. The van der Waals surface area contributed by atoms with Gasteiger partial charge < -0.3 is 20.8 Å². The van der Waals surface area contributed by atoms with Gasteiger partial charge in [-0.15, -0.1) is 0 Å². The molecule has 0 saturated heterocycles. The number of hydrogen-bond acceptors (Lipinski definition) is 6. The topological polar surface area (TPSA) is 153 Å². The highest BCUT2D eigenvalue weighted by molar-refractivity contribution is 7.85. The first-order chi connectivity index (χ1) is 10.2. The number of benzene rings is 1. The highest BCUT2D eigenvalue weighted by Gasteiger charge is 2.22. The second-order valence-electron chi connectivity index (χ2n) is 4.33. The maximum absolute atomic E-state index is 12.0. The minimum absolute atomic E-state index is 0.0391. The van der Waals surface area contributed by atoms with E-state index in [-0.39, 0.29) is 12.3 Å². The number of carbonyl (C=O) groups excluding carboxylic acids is 2. The lowest BCUT2D eigenvalue weighted by atomic mass is 10.1. The molecule has 22 heavy (non-hydrogen) atoms. The molecule has 10 heteroatoms. The van der Waals surface area contributed by atoms with Gasteiger partial charge in [-0.25, -0.2) is 0 Å². The zero-order valence-electron chi connectivity index (χ0n) is 11.4. The summed E-state index contributed by atoms with van der Waals surface area (Å²) in [4.78, 5) is 23.3. The third-order valence-corrected chi connectivity index (χ3v) is 3.32. The summed E-state index contributed by atoms with van der Waals surface area (Å²) >= 11 is 0. The van der Waals surface area contributed by atoms with Crippen molar-refractivity contribution in [2.24, 2.45) is 0 Å². The molecule has 0 spiro atoms. The molecule has 0 heterocycles. The molecule has 122 valence electrons. The first-order valence-electron chi connectivity index (χ1n) is 6.15. The van der Waals surface area contributed by atoms with E-state index in [0.29, 0.717) is 5.56 Å². The SMILES string of the molecule is O=C(CO)N[C@@H](C(=O)NCCS(=O)(=O)O)c1ccc(O)cc1. The number of aliphatic hydroxyl groups excluding tert-OH is 1. The third kappa shape index (κ3) is 6.08. The van der Waals surface area contributed by atoms with E-state index in [1.54, 1.807) is 0 Å². The standard InChI is InChI=1S/C12H16N2O7S/c15-7-10(17)14-11(8-1-3-9(16)4-2-8)12(18)13-5-6-22(19,20)21/h1-4,11,15-16H,5-7H2,(H,13,18)(H,14,17)(H,19,20,21)/t11-/m1/s1. The summed E-state index contributed by atoms with van der Waals surface area (Å²) in [5.41, 5.74) is 0.323. The Kier molecular flexibility index (Phi) is 6.28. The van der Waals surface area contributed by atoms with Crippen LogP contribution in [-0.4, -0.2) is 53.9 Å². The molecule has 1 atom stereocenters. The molecule has 0 aliphatic carbocycles. The van der Waals surface area contributed by atoms with E-state index in [9.17, 15) is 23.1 Å². The van der Waals surface area contributed by atoms with Crippen molar-refractivity contribution >= 4 is 21.9 Å². The molecule has 0 fully saturated rings. The molecule has 0 aliphatic rings. The van der Waals surface area contributed by atoms with Gasteiger partial charge in [0.25, 0.3) is 10.1 Å². The zero-order chi connectivity index (χ0) is 16.8. The summed E-state index contributed by atoms with van der Waals surface area (Å²) in [6.45, 7) is -1.17. The number of carbonyl (C=O) groups is 2. The fourth-order valence-electron chi connectivity index (χ4n) is 1.58. The molecule has 1 rings (SSSR count). The van der Waals surface area contributed by atoms with Crippen molar-refractivity contribution in [1.29, 1.82) is 0 Å². The molecule has 1 aromatic rings. The Hall–Kier alpha value is -2.17. The molecular weight excluding hydrogens is 316 g/mol. The largest absolute Gasteiger partial charge is 0.508 e. The van der Waals surface area contributed by atoms with E-state index < -0.39 is 40.3 Å². The second-order valence-corrected chi connectivity index (χ2v) is 5.90. The lowest BCUT2D eigenvalue weighted by molar-refractivity contribution is -0.130. The Morgan fingerprint density at radius 1 is 1.18 bits per heavy atom. The Morgan fingerprint density at radius 3 is 2.27 bits per heavy atom. The van der Waals surface area contributed by atoms with Gasteiger partial charge in [-0.1, -0.05) is 12.1 Å². The van der Waals surface area contributed by atoms with Gasteiger partial charge in [-0.3, -0.25) is 14.1 Å². The van der Waals surface area contributed by atoms with E-state index in [2.05, 4.69) is 10.6 Å². The van der Waals surface area contributed by atoms with Gasteiger partial charge in [-0.05, 0) is 17.7 Å². The zero-order valence-corrected chi connectivity index (χ0v) is 12.2. The van der Waals surface area contributed by atoms with Gasteiger partial charge in [0.1, 0.15) is 18.4 Å². The van der Waals surface area contributed by atoms with Crippen molar-refractivity contribution in [3.8, 4) is 5.75 Å². The number of nitrogens with one attached hydrogen (secondary N) is 2. The van der Waals surface area contributed by atoms with Crippen molar-refractivity contribution in [3.05, 3.63) is 29.8 Å². The maximum Gasteiger partial charge on any atom is 0.266 e. The van der Waals surface area contributed by atoms with Crippen LogP contribution in [0.4, 0.5) is 0 Å². The average molecular weight is 332 g/mol. The smallest absolute Gasteiger partial charge is 0.266 e. The maximum atomic E-state index is 12.0. The van der Waals surface area contributed by atoms with Crippen molar-refractivity contribution in [2.45, 2.75) is 6.04 Å². The van der Waals surface area contributed by atoms with Crippen LogP contribution in [0.25, 0.3) is 0 Å². The van der Waals surface area contributed by atoms with Crippen LogP contribution >= 0.6 is 0 Å². The van der Waals surface area contributed by atoms with Gasteiger partial charge in [0.05, 0.1) is 5.75 Å². The summed E-state index contributed by atoms with van der Waals surface area (Å²) in [5, 5.41) is 22.5. The molecule has 0 aliphatic heterocycles. The summed E-state index contributed by atoms with van der Waals surface area (Å²) in [6.07, 6.45) is 0. The van der Waals surface area contributed by atoms with Crippen molar-refractivity contribution < 1.29 is 32.8 Å². The first-order valence-corrected chi connectivity index (χ1v) is 7.76. The van der Waals surface area contributed by atoms with Crippen LogP contribution in [0.2, 0.25) is 0 Å². The minimum Gasteiger partial charge on any atom is -0.508 e. The molecule has 2 amide bonds. The van der Waals surface area contributed by atoms with E-state index in [4.69, 9.17) is 9.66 Å². The van der Waals surface area contributed by atoms with Gasteiger partial charge in [0.15, 0.2) is 0 Å². The van der Waals surface area contributed by atoms with Gasteiger partial charge in [-0.2, -0.15) is 8.42 Å². The highest BCUT2D eigenvalue weighted by Crippen LogP contribution is 2.17. The van der Waals surface area contributed by atoms with Crippen LogP contribution in [-0.2, 0) is 19.7 Å². The normalized spacial score (nSPS) is 12.5. The molecule has 0 bridgehead atoms. The van der Waals surface area contributed by atoms with Crippen LogP contribution in [0.15, 0.2) is 24.3 Å². The van der Waals surface area contributed by atoms with Crippen molar-refractivity contribution in [2.75, 3.05) is 18.9 Å². The average Bonchev–Trinajstić information content (AvgIpc) is 2.44. The molecule has 1 aromatic carbocycles. The Bertz CT molecular complexity index is 627. The monoisotopic (exact) mass is 332 g/mol. The quantitative estimate of drug-likeness (QED) is 0.383. The summed E-state index contributed by atoms with van der Waals surface area (Å²) in [6, 6.07) is 4.21. The fraction of sp³-hybridized carbons (Fsp3) is 0.333. The first kappa shape index (κ1) is 17.9. The Labute approximate surface area is 126 Å². The summed E-state index contributed by atoms with van der Waals surface area (Å²) in [7, 11) is -4.22. The number of hydrogen-bond donors (Lipinski definition) is 5. The minimum atomic E-state index is -4.22. The van der Waals surface area contributed by atoms with Gasteiger partial charge in [0.2, 0.25) is 11.8 Å². The van der Waals surface area contributed by atoms with Crippen molar-refractivity contribution in [1.82, 2.24) is 10.6 Å². The summed E-state index contributed by atoms with van der Waals surface area (Å²) in [5.74, 6) is -2.24. The number of phenolic OH excluding ortho intramolecular Hbond substituents is 1. The molecule has 0 unspecified atom stereocenters. The number of aromatic hydroxyl groups is 1. The van der Waals surface area contributed by atoms with Crippen molar-refractivity contribution in [3.63, 3.8) is 0 Å². The van der Waals surface area contributed by atoms with E-state index >= 15 is 0 Å². The Morgan fingerprint density at radius 2 is 1.77 bits per heavy atom. The van der Waals surface area contributed by atoms with Crippen LogP contribution in [0.5, 0.6) is 5.75 Å². The van der Waals surface area contributed by atoms with Crippen LogP contribution in [0.1, 0.15) is 11.6 Å². The number of amides is 2. The van der Waals surface area contributed by atoms with E-state index in [1.165, 1.54) is 24.3 Å². The molecular formula is C12H16N2O7S. The molecule has 5 N–H and O–H groups in total. The molecule has 9 nitrogen and oxygen atoms in total.